The van der Waals surface area contributed by atoms with Crippen LogP contribution in [0.15, 0.2) is 0 Å². The second-order valence-corrected chi connectivity index (χ2v) is 3.00. The molecule has 0 saturated carbocycles. The molecule has 0 saturated heterocycles. The Morgan fingerprint density at radius 2 is 2.09 bits per heavy atom. The lowest BCUT2D eigenvalue weighted by Crippen LogP contribution is -2.47. The van der Waals surface area contributed by atoms with Crippen LogP contribution < -0.4 is 0 Å². The van der Waals surface area contributed by atoms with Crippen molar-refractivity contribution in [1.29, 1.82) is 0 Å². The predicted molar refractivity (Wildman–Crippen MR) is 41.3 cm³/mol. The topological polar surface area (TPSA) is 49.8 Å². The van der Waals surface area contributed by atoms with Gasteiger partial charge in [-0.1, -0.05) is 0 Å². The van der Waals surface area contributed by atoms with Crippen molar-refractivity contribution in [2.45, 2.75) is 19.4 Å². The number of nitrogens with zero attached hydrogens (tertiary/aromatic N) is 1. The molecule has 11 heavy (non-hydrogen) atoms. The van der Waals surface area contributed by atoms with E-state index in [-0.39, 0.29) is 6.61 Å². The lowest BCUT2D eigenvalue weighted by atomic mass is 10.1. The van der Waals surface area contributed by atoms with Crippen molar-refractivity contribution in [1.82, 2.24) is 4.90 Å². The molecule has 4 nitrogen and oxygen atoms in total. The minimum Gasteiger partial charge on any atom is -0.453 e. The van der Waals surface area contributed by atoms with E-state index in [9.17, 15) is 4.79 Å². The zero-order valence-electron chi connectivity index (χ0n) is 7.42. The predicted octanol–water partition coefficient (Wildman–Crippen LogP) is 0.455. The van der Waals surface area contributed by atoms with Gasteiger partial charge in [0.25, 0.3) is 0 Å². The van der Waals surface area contributed by atoms with Gasteiger partial charge in [0.2, 0.25) is 0 Å². The van der Waals surface area contributed by atoms with Gasteiger partial charge in [-0.15, -0.1) is 0 Å². The molecule has 0 aromatic heterocycles. The number of methoxy groups -OCH3 is 1. The summed E-state index contributed by atoms with van der Waals surface area (Å²) in [6, 6.07) is 0. The highest BCUT2D eigenvalue weighted by molar-refractivity contribution is 5.67. The monoisotopic (exact) mass is 161 g/mol. The van der Waals surface area contributed by atoms with Crippen LogP contribution in [-0.2, 0) is 4.74 Å². The number of hydrogen-bond acceptors (Lipinski definition) is 3. The Kier molecular flexibility index (Phi) is 3.32. The molecule has 0 aliphatic heterocycles. The van der Waals surface area contributed by atoms with Gasteiger partial charge in [-0.3, -0.25) is 0 Å². The first kappa shape index (κ1) is 10.2. The fourth-order valence-corrected chi connectivity index (χ4v) is 0.490. The van der Waals surface area contributed by atoms with Gasteiger partial charge in [0.05, 0.1) is 19.3 Å². The zero-order valence-corrected chi connectivity index (χ0v) is 7.42. The smallest absolute Gasteiger partial charge is 0.409 e. The van der Waals surface area contributed by atoms with E-state index < -0.39 is 11.6 Å². The third-order valence-electron chi connectivity index (χ3n) is 1.74. The van der Waals surface area contributed by atoms with Crippen LogP contribution in [0.4, 0.5) is 4.79 Å². The van der Waals surface area contributed by atoms with Crippen molar-refractivity contribution in [3.05, 3.63) is 0 Å². The normalized spacial score (nSPS) is 11.0. The van der Waals surface area contributed by atoms with Crippen LogP contribution in [0.1, 0.15) is 13.8 Å². The maximum Gasteiger partial charge on any atom is 0.409 e. The highest BCUT2D eigenvalue weighted by Gasteiger charge is 2.26. The van der Waals surface area contributed by atoms with Crippen molar-refractivity contribution in [2.24, 2.45) is 0 Å². The lowest BCUT2D eigenvalue weighted by molar-refractivity contribution is 0.0602. The van der Waals surface area contributed by atoms with Gasteiger partial charge >= 0.3 is 6.09 Å². The van der Waals surface area contributed by atoms with Crippen molar-refractivity contribution in [2.75, 3.05) is 20.8 Å². The fraction of sp³-hybridized carbons (Fsp3) is 0.857. The number of aliphatic hydroxyl groups is 1. The van der Waals surface area contributed by atoms with E-state index in [1.54, 1.807) is 20.9 Å². The van der Waals surface area contributed by atoms with Gasteiger partial charge in [0, 0.05) is 7.05 Å². The third-order valence-corrected chi connectivity index (χ3v) is 1.74. The quantitative estimate of drug-likeness (QED) is 0.640. The Morgan fingerprint density at radius 1 is 1.64 bits per heavy atom. The van der Waals surface area contributed by atoms with Gasteiger partial charge < -0.3 is 14.7 Å². The van der Waals surface area contributed by atoms with Crippen LogP contribution in [0.5, 0.6) is 0 Å². The number of carbonyl (C=O) groups is 1. The first-order valence-corrected chi connectivity index (χ1v) is 3.38. The molecule has 1 amide bonds. The van der Waals surface area contributed by atoms with E-state index in [2.05, 4.69) is 4.74 Å². The highest BCUT2D eigenvalue weighted by atomic mass is 16.5. The summed E-state index contributed by atoms with van der Waals surface area (Å²) in [6.45, 7) is 3.42. The Labute approximate surface area is 66.8 Å². The molecule has 0 radical (unpaired) electrons. The summed E-state index contributed by atoms with van der Waals surface area (Å²) in [4.78, 5) is 12.3. The summed E-state index contributed by atoms with van der Waals surface area (Å²) >= 11 is 0. The molecule has 0 aromatic carbocycles. The number of aliphatic hydroxyl groups excluding tert-OH is 1. The molecule has 0 atom stereocenters. The van der Waals surface area contributed by atoms with Crippen molar-refractivity contribution in [3.63, 3.8) is 0 Å². The van der Waals surface area contributed by atoms with Crippen LogP contribution in [0.3, 0.4) is 0 Å². The molecule has 0 spiro atoms. The molecule has 0 aromatic rings. The molecular formula is C7H15NO3. The molecule has 0 bridgehead atoms. The number of amides is 1. The SMILES string of the molecule is COC(=O)N(C)C(C)(C)CO. The standard InChI is InChI=1S/C7H15NO3/c1-7(2,5-9)8(3)6(10)11-4/h9H,5H2,1-4H3. The second kappa shape index (κ2) is 3.57. The highest BCUT2D eigenvalue weighted by Crippen LogP contribution is 2.11. The number of likely N-dealkylation sites (N-methyl/N-ethyl adjacent to an activating group) is 1. The average molecular weight is 161 g/mol. The molecule has 0 aliphatic carbocycles. The van der Waals surface area contributed by atoms with E-state index in [4.69, 9.17) is 5.11 Å². The van der Waals surface area contributed by atoms with Crippen molar-refractivity contribution < 1.29 is 14.6 Å². The van der Waals surface area contributed by atoms with Gasteiger partial charge in [-0.25, -0.2) is 4.79 Å². The molecule has 4 heteroatoms. The zero-order chi connectivity index (χ0) is 9.07. The van der Waals surface area contributed by atoms with Crippen LogP contribution in [0.25, 0.3) is 0 Å². The number of ether oxygens (including phenoxy) is 1. The van der Waals surface area contributed by atoms with E-state index in [0.717, 1.165) is 0 Å². The molecule has 0 rings (SSSR count). The number of rotatable bonds is 2. The summed E-state index contributed by atoms with van der Waals surface area (Å²) in [6.07, 6.45) is -0.441. The lowest BCUT2D eigenvalue weighted by Gasteiger charge is -2.32. The summed E-state index contributed by atoms with van der Waals surface area (Å²) in [7, 11) is 2.90. The molecule has 1 N–H and O–H groups in total. The fourth-order valence-electron chi connectivity index (χ4n) is 0.490. The number of carbonyl (C=O) groups excluding carboxylic acids is 1. The number of hydrogen-bond donors (Lipinski definition) is 1. The van der Waals surface area contributed by atoms with E-state index in [1.807, 2.05) is 0 Å². The van der Waals surface area contributed by atoms with E-state index >= 15 is 0 Å². The van der Waals surface area contributed by atoms with Crippen LogP contribution in [-0.4, -0.2) is 42.4 Å². The largest absolute Gasteiger partial charge is 0.453 e. The first-order chi connectivity index (χ1) is 4.95. The third kappa shape index (κ3) is 2.38. The minimum absolute atomic E-state index is 0.0847. The Balaban J connectivity index is 4.22. The van der Waals surface area contributed by atoms with E-state index in [0.29, 0.717) is 0 Å². The molecule has 0 fully saturated rings. The molecule has 0 unspecified atom stereocenters. The van der Waals surface area contributed by atoms with Crippen molar-refractivity contribution >= 4 is 6.09 Å². The summed E-state index contributed by atoms with van der Waals surface area (Å²) in [5.74, 6) is 0. The maximum atomic E-state index is 10.9. The van der Waals surface area contributed by atoms with Gasteiger partial charge in [-0.05, 0) is 13.8 Å². The summed E-state index contributed by atoms with van der Waals surface area (Å²) < 4.78 is 4.48. The van der Waals surface area contributed by atoms with Gasteiger partial charge in [0.15, 0.2) is 0 Å². The van der Waals surface area contributed by atoms with Crippen molar-refractivity contribution in [3.8, 4) is 0 Å². The Morgan fingerprint density at radius 3 is 2.36 bits per heavy atom. The van der Waals surface area contributed by atoms with E-state index in [1.165, 1.54) is 12.0 Å². The van der Waals surface area contributed by atoms with Gasteiger partial charge in [0.1, 0.15) is 0 Å². The second-order valence-electron chi connectivity index (χ2n) is 3.00. The molecule has 0 aliphatic rings. The summed E-state index contributed by atoms with van der Waals surface area (Å²) in [5, 5.41) is 8.86. The molecule has 66 valence electrons. The maximum absolute atomic E-state index is 10.9. The first-order valence-electron chi connectivity index (χ1n) is 3.38. The van der Waals surface area contributed by atoms with Crippen LogP contribution in [0.2, 0.25) is 0 Å². The van der Waals surface area contributed by atoms with Gasteiger partial charge in [-0.2, -0.15) is 0 Å². The molecule has 0 heterocycles. The Bertz CT molecular complexity index is 145. The summed E-state index contributed by atoms with van der Waals surface area (Å²) in [5.41, 5.74) is -0.562. The van der Waals surface area contributed by atoms with Crippen LogP contribution in [0, 0.1) is 0 Å². The molecular weight excluding hydrogens is 146 g/mol. The Hall–Kier alpha value is -0.770. The van der Waals surface area contributed by atoms with Crippen LogP contribution >= 0.6 is 0 Å². The average Bonchev–Trinajstić information content (AvgIpc) is 2.01. The minimum atomic E-state index is -0.562.